The number of hydrogen-bond donors (Lipinski definition) is 1. The molecule has 0 saturated carbocycles. The fraction of sp³-hybridized carbons (Fsp3) is 0.154. The van der Waals surface area contributed by atoms with Crippen LogP contribution in [-0.4, -0.2) is 25.2 Å². The van der Waals surface area contributed by atoms with Crippen molar-refractivity contribution in [2.75, 3.05) is 0 Å². The zero-order chi connectivity index (χ0) is 23.7. The molecule has 2 aromatic heterocycles. The molecule has 5 aromatic rings. The molecule has 2 heterocycles. The molecule has 3 aromatic carbocycles. The number of aryl methyl sites for hydroxylation is 1. The second-order valence-electron chi connectivity index (χ2n) is 7.93. The van der Waals surface area contributed by atoms with E-state index in [0.717, 1.165) is 16.6 Å². The minimum absolute atomic E-state index is 0.154. The molecule has 34 heavy (non-hydrogen) atoms. The van der Waals surface area contributed by atoms with E-state index in [0.29, 0.717) is 34.8 Å². The highest BCUT2D eigenvalue weighted by molar-refractivity contribution is 6.31. The van der Waals surface area contributed by atoms with Crippen LogP contribution < -0.4 is 10.7 Å². The lowest BCUT2D eigenvalue weighted by Crippen LogP contribution is -2.32. The number of benzene rings is 3. The summed E-state index contributed by atoms with van der Waals surface area (Å²) in [5.74, 6) is 0.144. The molecule has 0 radical (unpaired) electrons. The van der Waals surface area contributed by atoms with Gasteiger partial charge in [0.25, 0.3) is 5.91 Å². The SMILES string of the molecule is CCn1nc(C(=O)NCc2nc3ccccc3n2Cc2ccccc2)c(=O)c2cc(Cl)ccc21. The van der Waals surface area contributed by atoms with Crippen LogP contribution >= 0.6 is 11.6 Å². The molecule has 1 amide bonds. The summed E-state index contributed by atoms with van der Waals surface area (Å²) in [6, 6.07) is 22.9. The Balaban J connectivity index is 1.48. The minimum Gasteiger partial charge on any atom is -0.343 e. The molecule has 8 heteroatoms. The minimum atomic E-state index is -0.549. The van der Waals surface area contributed by atoms with Gasteiger partial charge in [0.1, 0.15) is 5.82 Å². The summed E-state index contributed by atoms with van der Waals surface area (Å²) in [6.45, 7) is 3.17. The van der Waals surface area contributed by atoms with Crippen LogP contribution in [0.15, 0.2) is 77.6 Å². The number of hydrogen-bond acceptors (Lipinski definition) is 4. The number of halogens is 1. The summed E-state index contributed by atoms with van der Waals surface area (Å²) in [5, 5.41) is 7.95. The number of fused-ring (bicyclic) bond motifs is 2. The Morgan fingerprint density at radius 2 is 1.76 bits per heavy atom. The average Bonchev–Trinajstić information content (AvgIpc) is 3.21. The fourth-order valence-electron chi connectivity index (χ4n) is 4.10. The lowest BCUT2D eigenvalue weighted by Gasteiger charge is -2.12. The third-order valence-corrected chi connectivity index (χ3v) is 5.99. The number of imidazole rings is 1. The van der Waals surface area contributed by atoms with Crippen molar-refractivity contribution in [2.24, 2.45) is 0 Å². The first-order valence-corrected chi connectivity index (χ1v) is 11.4. The molecule has 0 aliphatic rings. The predicted octanol–water partition coefficient (Wildman–Crippen LogP) is 4.40. The van der Waals surface area contributed by atoms with Crippen molar-refractivity contribution in [2.45, 2.75) is 26.6 Å². The first-order valence-electron chi connectivity index (χ1n) is 11.0. The zero-order valence-corrected chi connectivity index (χ0v) is 19.3. The lowest BCUT2D eigenvalue weighted by atomic mass is 10.2. The van der Waals surface area contributed by atoms with Gasteiger partial charge in [0.2, 0.25) is 5.43 Å². The molecule has 0 bridgehead atoms. The number of rotatable bonds is 6. The first-order chi connectivity index (χ1) is 16.5. The molecular formula is C26H22ClN5O2. The highest BCUT2D eigenvalue weighted by Gasteiger charge is 2.19. The molecule has 7 nitrogen and oxygen atoms in total. The molecule has 5 rings (SSSR count). The van der Waals surface area contributed by atoms with Crippen LogP contribution in [0.1, 0.15) is 28.8 Å². The monoisotopic (exact) mass is 471 g/mol. The van der Waals surface area contributed by atoms with Crippen LogP contribution in [0, 0.1) is 0 Å². The third kappa shape index (κ3) is 4.06. The van der Waals surface area contributed by atoms with Crippen LogP contribution in [0.25, 0.3) is 21.9 Å². The van der Waals surface area contributed by atoms with Gasteiger partial charge in [0.15, 0.2) is 5.69 Å². The van der Waals surface area contributed by atoms with Gasteiger partial charge in [-0.2, -0.15) is 5.10 Å². The van der Waals surface area contributed by atoms with E-state index < -0.39 is 11.3 Å². The Morgan fingerprint density at radius 1 is 1.00 bits per heavy atom. The van der Waals surface area contributed by atoms with E-state index in [1.54, 1.807) is 22.9 Å². The largest absolute Gasteiger partial charge is 0.343 e. The van der Waals surface area contributed by atoms with E-state index >= 15 is 0 Å². The summed E-state index contributed by atoms with van der Waals surface area (Å²) < 4.78 is 3.70. The van der Waals surface area contributed by atoms with Crippen LogP contribution in [0.5, 0.6) is 0 Å². The van der Waals surface area contributed by atoms with Crippen molar-refractivity contribution in [3.63, 3.8) is 0 Å². The molecule has 0 aliphatic carbocycles. The molecule has 170 valence electrons. The van der Waals surface area contributed by atoms with Crippen molar-refractivity contribution in [1.82, 2.24) is 24.6 Å². The predicted molar refractivity (Wildman–Crippen MR) is 133 cm³/mol. The van der Waals surface area contributed by atoms with Gasteiger partial charge in [-0.05, 0) is 42.8 Å². The van der Waals surface area contributed by atoms with Gasteiger partial charge in [-0.3, -0.25) is 14.3 Å². The van der Waals surface area contributed by atoms with Crippen molar-refractivity contribution in [1.29, 1.82) is 0 Å². The van der Waals surface area contributed by atoms with Crippen LogP contribution in [0.2, 0.25) is 5.02 Å². The van der Waals surface area contributed by atoms with E-state index in [1.807, 2.05) is 49.4 Å². The molecule has 1 N–H and O–H groups in total. The number of aromatic nitrogens is 4. The van der Waals surface area contributed by atoms with Gasteiger partial charge in [-0.25, -0.2) is 4.98 Å². The van der Waals surface area contributed by atoms with Crippen LogP contribution in [0.4, 0.5) is 0 Å². The fourth-order valence-corrected chi connectivity index (χ4v) is 4.27. The summed E-state index contributed by atoms with van der Waals surface area (Å²) >= 11 is 6.10. The lowest BCUT2D eigenvalue weighted by molar-refractivity contribution is 0.0941. The number of nitrogens with one attached hydrogen (secondary N) is 1. The van der Waals surface area contributed by atoms with E-state index in [1.165, 1.54) is 0 Å². The summed E-state index contributed by atoms with van der Waals surface area (Å²) in [6.07, 6.45) is 0. The third-order valence-electron chi connectivity index (χ3n) is 5.76. The quantitative estimate of drug-likeness (QED) is 0.398. The average molecular weight is 472 g/mol. The normalized spacial score (nSPS) is 11.2. The summed E-state index contributed by atoms with van der Waals surface area (Å²) in [7, 11) is 0. The van der Waals surface area contributed by atoms with E-state index in [4.69, 9.17) is 16.6 Å². The highest BCUT2D eigenvalue weighted by atomic mass is 35.5. The molecule has 0 saturated heterocycles. The van der Waals surface area contributed by atoms with Crippen molar-refractivity contribution in [3.8, 4) is 0 Å². The maximum absolute atomic E-state index is 13.1. The first kappa shape index (κ1) is 21.9. The molecule has 0 atom stereocenters. The maximum Gasteiger partial charge on any atom is 0.276 e. The number of nitrogens with zero attached hydrogens (tertiary/aromatic N) is 4. The maximum atomic E-state index is 13.1. The molecule has 0 aliphatic heterocycles. The summed E-state index contributed by atoms with van der Waals surface area (Å²) in [5.41, 5.74) is 2.96. The van der Waals surface area contributed by atoms with Gasteiger partial charge in [-0.1, -0.05) is 54.1 Å². The second-order valence-corrected chi connectivity index (χ2v) is 8.36. The Labute approximate surface area is 200 Å². The van der Waals surface area contributed by atoms with E-state index in [2.05, 4.69) is 27.1 Å². The van der Waals surface area contributed by atoms with Gasteiger partial charge >= 0.3 is 0 Å². The second kappa shape index (κ2) is 9.11. The molecule has 0 fully saturated rings. The number of carbonyl (C=O) groups excluding carboxylic acids is 1. The Morgan fingerprint density at radius 3 is 2.56 bits per heavy atom. The van der Waals surface area contributed by atoms with Crippen LogP contribution in [0.3, 0.4) is 0 Å². The van der Waals surface area contributed by atoms with Crippen molar-refractivity contribution >= 4 is 39.4 Å². The van der Waals surface area contributed by atoms with Crippen molar-refractivity contribution in [3.05, 3.63) is 105 Å². The van der Waals surface area contributed by atoms with Crippen LogP contribution in [-0.2, 0) is 19.6 Å². The standard InChI is InChI=1S/C26H22ClN5O2/c1-2-32-21-13-12-18(27)14-19(21)25(33)24(30-32)26(34)28-15-23-29-20-10-6-7-11-22(20)31(23)16-17-8-4-3-5-9-17/h3-14H,2,15-16H2,1H3,(H,28,34). The van der Waals surface area contributed by atoms with Gasteiger partial charge in [0.05, 0.1) is 28.5 Å². The molecular weight excluding hydrogens is 450 g/mol. The van der Waals surface area contributed by atoms with Gasteiger partial charge < -0.3 is 9.88 Å². The molecule has 0 unspecified atom stereocenters. The van der Waals surface area contributed by atoms with Gasteiger partial charge in [-0.15, -0.1) is 0 Å². The smallest absolute Gasteiger partial charge is 0.276 e. The van der Waals surface area contributed by atoms with Gasteiger partial charge in [0, 0.05) is 18.1 Å². The van der Waals surface area contributed by atoms with E-state index in [9.17, 15) is 9.59 Å². The molecule has 0 spiro atoms. The van der Waals surface area contributed by atoms with Crippen molar-refractivity contribution < 1.29 is 4.79 Å². The Kier molecular flexibility index (Phi) is 5.86. The summed E-state index contributed by atoms with van der Waals surface area (Å²) in [4.78, 5) is 30.8. The zero-order valence-electron chi connectivity index (χ0n) is 18.5. The van der Waals surface area contributed by atoms with E-state index in [-0.39, 0.29) is 12.2 Å². The highest BCUT2D eigenvalue weighted by Crippen LogP contribution is 2.19. The Hall–Kier alpha value is -3.97. The number of carbonyl (C=O) groups is 1. The number of para-hydroxylation sites is 2. The number of amides is 1. The Bertz CT molecular complexity index is 1570. The topological polar surface area (TPSA) is 81.8 Å².